The Kier molecular flexibility index (Phi) is 5.98. The van der Waals surface area contributed by atoms with Gasteiger partial charge in [0.1, 0.15) is 12.4 Å². The summed E-state index contributed by atoms with van der Waals surface area (Å²) >= 11 is 0. The van der Waals surface area contributed by atoms with Crippen LogP contribution in [-0.2, 0) is 9.53 Å². The first-order valence-corrected chi connectivity index (χ1v) is 7.68. The van der Waals surface area contributed by atoms with Gasteiger partial charge in [-0.2, -0.15) is 0 Å². The second-order valence-corrected chi connectivity index (χ2v) is 5.28. The van der Waals surface area contributed by atoms with Crippen LogP contribution in [0.15, 0.2) is 60.7 Å². The van der Waals surface area contributed by atoms with Gasteiger partial charge in [-0.25, -0.2) is 0 Å². The summed E-state index contributed by atoms with van der Waals surface area (Å²) in [6, 6.07) is 11.9. The molecule has 3 heteroatoms. The Hall–Kier alpha value is -2.55. The third kappa shape index (κ3) is 4.46. The molecule has 1 unspecified atom stereocenters. The highest BCUT2D eigenvalue weighted by Gasteiger charge is 2.16. The maximum Gasteiger partial charge on any atom is 0.313 e. The Morgan fingerprint density at radius 3 is 2.61 bits per heavy atom. The molecule has 0 radical (unpaired) electrons. The number of carbonyl (C=O) groups excluding carboxylic acids is 1. The summed E-state index contributed by atoms with van der Waals surface area (Å²) in [5, 5.41) is 2.17. The third-order valence-electron chi connectivity index (χ3n) is 3.69. The van der Waals surface area contributed by atoms with Gasteiger partial charge < -0.3 is 9.47 Å². The van der Waals surface area contributed by atoms with Crippen molar-refractivity contribution in [1.29, 1.82) is 0 Å². The van der Waals surface area contributed by atoms with Crippen LogP contribution in [0.3, 0.4) is 0 Å². The van der Waals surface area contributed by atoms with E-state index in [9.17, 15) is 4.79 Å². The second-order valence-electron chi connectivity index (χ2n) is 5.28. The van der Waals surface area contributed by atoms with Crippen LogP contribution in [0.4, 0.5) is 0 Å². The van der Waals surface area contributed by atoms with Crippen molar-refractivity contribution in [2.45, 2.75) is 19.8 Å². The maximum absolute atomic E-state index is 12.1. The van der Waals surface area contributed by atoms with Gasteiger partial charge in [0, 0.05) is 0 Å². The van der Waals surface area contributed by atoms with E-state index in [2.05, 4.69) is 0 Å². The Bertz CT molecular complexity index is 729. The van der Waals surface area contributed by atoms with Gasteiger partial charge in [0.05, 0.1) is 13.0 Å². The fourth-order valence-corrected chi connectivity index (χ4v) is 2.28. The number of fused-ring (bicyclic) bond motifs is 1. The summed E-state index contributed by atoms with van der Waals surface area (Å²) in [6.45, 7) is 4.09. The minimum atomic E-state index is -0.295. The Labute approximate surface area is 137 Å². The summed E-state index contributed by atoms with van der Waals surface area (Å²) in [5.41, 5.74) is 0.949. The standard InChI is InChI=1S/C20H22O3/c1-4-5-6-7-12-23-20(21)15(2)16-8-9-18-14-19(22-3)11-10-17(18)13-16/h4-11,13-15H,12H2,1-3H3/b5-4+,7-6+. The predicted octanol–water partition coefficient (Wildman–Crippen LogP) is 4.63. The normalized spacial score (nSPS) is 12.8. The molecule has 0 amide bonds. The highest BCUT2D eigenvalue weighted by molar-refractivity contribution is 5.86. The van der Waals surface area contributed by atoms with E-state index in [1.165, 1.54) is 0 Å². The molecule has 0 N–H and O–H groups in total. The first kappa shape index (κ1) is 16.8. The van der Waals surface area contributed by atoms with Gasteiger partial charge in [-0.05, 0) is 48.4 Å². The largest absolute Gasteiger partial charge is 0.497 e. The van der Waals surface area contributed by atoms with Crippen LogP contribution in [0.1, 0.15) is 25.3 Å². The van der Waals surface area contributed by atoms with E-state index in [1.54, 1.807) is 7.11 Å². The van der Waals surface area contributed by atoms with Gasteiger partial charge in [-0.3, -0.25) is 4.79 Å². The molecule has 0 spiro atoms. The molecule has 0 bridgehead atoms. The van der Waals surface area contributed by atoms with Crippen molar-refractivity contribution in [3.05, 3.63) is 66.3 Å². The Morgan fingerprint density at radius 2 is 1.87 bits per heavy atom. The SMILES string of the molecule is C/C=C/C=C/COC(=O)C(C)c1ccc2cc(OC)ccc2c1. The zero-order valence-electron chi connectivity index (χ0n) is 13.8. The van der Waals surface area contributed by atoms with Crippen molar-refractivity contribution in [2.24, 2.45) is 0 Å². The highest BCUT2D eigenvalue weighted by atomic mass is 16.5. The van der Waals surface area contributed by atoms with Gasteiger partial charge in [-0.1, -0.05) is 42.5 Å². The molecule has 2 rings (SSSR count). The predicted molar refractivity (Wildman–Crippen MR) is 93.8 cm³/mol. The van der Waals surface area contributed by atoms with Crippen molar-refractivity contribution < 1.29 is 14.3 Å². The summed E-state index contributed by atoms with van der Waals surface area (Å²) in [7, 11) is 1.65. The smallest absolute Gasteiger partial charge is 0.313 e. The zero-order chi connectivity index (χ0) is 16.7. The number of allylic oxidation sites excluding steroid dienone is 3. The molecule has 23 heavy (non-hydrogen) atoms. The van der Waals surface area contributed by atoms with E-state index in [1.807, 2.05) is 74.5 Å². The lowest BCUT2D eigenvalue weighted by atomic mass is 9.98. The first-order chi connectivity index (χ1) is 11.2. The lowest BCUT2D eigenvalue weighted by Gasteiger charge is -2.12. The molecule has 0 aliphatic heterocycles. The van der Waals surface area contributed by atoms with E-state index < -0.39 is 0 Å². The quantitative estimate of drug-likeness (QED) is 0.576. The fraction of sp³-hybridized carbons (Fsp3) is 0.250. The lowest BCUT2D eigenvalue weighted by Crippen LogP contribution is -2.13. The van der Waals surface area contributed by atoms with Crippen molar-refractivity contribution >= 4 is 16.7 Å². The van der Waals surface area contributed by atoms with E-state index >= 15 is 0 Å². The number of carbonyl (C=O) groups is 1. The number of esters is 1. The van der Waals surface area contributed by atoms with Gasteiger partial charge >= 0.3 is 5.97 Å². The van der Waals surface area contributed by atoms with Crippen LogP contribution in [0.5, 0.6) is 5.75 Å². The summed E-state index contributed by atoms with van der Waals surface area (Å²) < 4.78 is 10.5. The number of ether oxygens (including phenoxy) is 2. The lowest BCUT2D eigenvalue weighted by molar-refractivity contribution is -0.143. The molecule has 0 saturated heterocycles. The molecule has 120 valence electrons. The van der Waals surface area contributed by atoms with Gasteiger partial charge in [0.25, 0.3) is 0 Å². The molecule has 0 heterocycles. The molecule has 0 aromatic heterocycles. The van der Waals surface area contributed by atoms with Crippen LogP contribution >= 0.6 is 0 Å². The first-order valence-electron chi connectivity index (χ1n) is 7.68. The minimum Gasteiger partial charge on any atom is -0.497 e. The monoisotopic (exact) mass is 310 g/mol. The second kappa shape index (κ2) is 8.18. The molecular weight excluding hydrogens is 288 g/mol. The van der Waals surface area contributed by atoms with E-state index in [0.717, 1.165) is 22.1 Å². The van der Waals surface area contributed by atoms with Crippen molar-refractivity contribution in [1.82, 2.24) is 0 Å². The minimum absolute atomic E-state index is 0.219. The fourth-order valence-electron chi connectivity index (χ4n) is 2.28. The number of methoxy groups -OCH3 is 1. The molecule has 0 saturated carbocycles. The average molecular weight is 310 g/mol. The van der Waals surface area contributed by atoms with E-state index in [-0.39, 0.29) is 18.5 Å². The van der Waals surface area contributed by atoms with Crippen molar-refractivity contribution in [2.75, 3.05) is 13.7 Å². The number of benzene rings is 2. The topological polar surface area (TPSA) is 35.5 Å². The van der Waals surface area contributed by atoms with Gasteiger partial charge in [-0.15, -0.1) is 0 Å². The van der Waals surface area contributed by atoms with Crippen molar-refractivity contribution in [3.8, 4) is 5.75 Å². The van der Waals surface area contributed by atoms with Gasteiger partial charge in [0.2, 0.25) is 0 Å². The van der Waals surface area contributed by atoms with Crippen LogP contribution in [0, 0.1) is 0 Å². The summed E-state index contributed by atoms with van der Waals surface area (Å²) in [6.07, 6.45) is 7.50. The Balaban J connectivity index is 2.08. The molecule has 2 aromatic carbocycles. The highest BCUT2D eigenvalue weighted by Crippen LogP contribution is 2.25. The van der Waals surface area contributed by atoms with Gasteiger partial charge in [0.15, 0.2) is 0 Å². The van der Waals surface area contributed by atoms with Crippen LogP contribution < -0.4 is 4.74 Å². The summed E-state index contributed by atoms with van der Waals surface area (Å²) in [5.74, 6) is 0.310. The number of hydrogen-bond acceptors (Lipinski definition) is 3. The summed E-state index contributed by atoms with van der Waals surface area (Å²) in [4.78, 5) is 12.1. The average Bonchev–Trinajstić information content (AvgIpc) is 2.59. The van der Waals surface area contributed by atoms with Crippen LogP contribution in [0.25, 0.3) is 10.8 Å². The maximum atomic E-state index is 12.1. The van der Waals surface area contributed by atoms with Crippen molar-refractivity contribution in [3.63, 3.8) is 0 Å². The van der Waals surface area contributed by atoms with E-state index in [4.69, 9.17) is 9.47 Å². The Morgan fingerprint density at radius 1 is 1.13 bits per heavy atom. The third-order valence-corrected chi connectivity index (χ3v) is 3.69. The molecule has 3 nitrogen and oxygen atoms in total. The molecule has 0 fully saturated rings. The molecule has 1 atom stereocenters. The molecule has 2 aromatic rings. The van der Waals surface area contributed by atoms with E-state index in [0.29, 0.717) is 0 Å². The molecular formula is C20H22O3. The van der Waals surface area contributed by atoms with Crippen LogP contribution in [-0.4, -0.2) is 19.7 Å². The molecule has 0 aliphatic carbocycles. The zero-order valence-corrected chi connectivity index (χ0v) is 13.8. The number of hydrogen-bond donors (Lipinski definition) is 0. The molecule has 0 aliphatic rings. The number of rotatable bonds is 6. The van der Waals surface area contributed by atoms with Crippen LogP contribution in [0.2, 0.25) is 0 Å².